The van der Waals surface area contributed by atoms with E-state index in [1.54, 1.807) is 5.49 Å². The third kappa shape index (κ3) is 6.96. The van der Waals surface area contributed by atoms with Gasteiger partial charge in [-0.1, -0.05) is 26.1 Å². The van der Waals surface area contributed by atoms with Crippen molar-refractivity contribution in [2.45, 2.75) is 33.1 Å². The van der Waals surface area contributed by atoms with Gasteiger partial charge >= 0.3 is 0 Å². The molecule has 3 heteroatoms. The first-order valence-electron chi connectivity index (χ1n) is 5.33. The molecule has 0 radical (unpaired) electrons. The average molecular weight is 202 g/mol. The van der Waals surface area contributed by atoms with Crippen molar-refractivity contribution in [2.75, 3.05) is 26.2 Å². The van der Waals surface area contributed by atoms with Crippen molar-refractivity contribution in [3.63, 3.8) is 0 Å². The largest absolute Gasteiger partial charge is 0.382 e. The molecule has 0 bridgehead atoms. The van der Waals surface area contributed by atoms with Gasteiger partial charge in [-0.15, -0.1) is 0 Å². The molecule has 0 spiro atoms. The van der Waals surface area contributed by atoms with Crippen LogP contribution in [0, 0.1) is 0 Å². The fourth-order valence-electron chi connectivity index (χ4n) is 1.47. The highest BCUT2D eigenvalue weighted by Gasteiger charge is 2.09. The molecule has 13 heavy (non-hydrogen) atoms. The van der Waals surface area contributed by atoms with Gasteiger partial charge in [0.15, 0.2) is 0 Å². The number of hydrogen-bond donors (Lipinski definition) is 1. The van der Waals surface area contributed by atoms with E-state index in [1.165, 1.54) is 38.9 Å². The summed E-state index contributed by atoms with van der Waals surface area (Å²) in [5.74, 6) is 0. The lowest BCUT2D eigenvalue weighted by molar-refractivity contribution is 0.334. The van der Waals surface area contributed by atoms with Gasteiger partial charge in [0.25, 0.3) is 0 Å². The second kappa shape index (κ2) is 9.93. The predicted octanol–water partition coefficient (Wildman–Crippen LogP) is 2.05. The molecular weight excluding hydrogens is 180 g/mol. The van der Waals surface area contributed by atoms with Crippen LogP contribution in [-0.2, 0) is 0 Å². The summed E-state index contributed by atoms with van der Waals surface area (Å²) in [6.07, 6.45) is 3.99. The number of nitrogens with one attached hydrogen (secondary N) is 1. The van der Waals surface area contributed by atoms with Crippen molar-refractivity contribution in [3.05, 3.63) is 0 Å². The molecule has 0 amide bonds. The molecule has 0 unspecified atom stereocenters. The highest BCUT2D eigenvalue weighted by Crippen LogP contribution is 2.06. The van der Waals surface area contributed by atoms with Crippen LogP contribution in [0.2, 0.25) is 0 Å². The fourth-order valence-corrected chi connectivity index (χ4v) is 1.59. The van der Waals surface area contributed by atoms with Crippen molar-refractivity contribution in [1.82, 2.24) is 10.2 Å². The Hall–Kier alpha value is -0.150. The van der Waals surface area contributed by atoms with E-state index in [9.17, 15) is 0 Å². The van der Waals surface area contributed by atoms with E-state index in [4.69, 9.17) is 0 Å². The molecule has 0 aliphatic carbocycles. The number of nitrogens with zero attached hydrogens (tertiary/aromatic N) is 1. The smallest absolute Gasteiger partial charge is 0.0614 e. The monoisotopic (exact) mass is 202 g/mol. The third-order valence-electron chi connectivity index (χ3n) is 2.08. The normalized spacial score (nSPS) is 16.2. The van der Waals surface area contributed by atoms with Crippen molar-refractivity contribution in [3.8, 4) is 0 Å². The Bertz CT molecular complexity index is 111. The maximum atomic E-state index is 4.65. The van der Waals surface area contributed by atoms with E-state index < -0.39 is 0 Å². The van der Waals surface area contributed by atoms with Crippen molar-refractivity contribution in [2.24, 2.45) is 0 Å². The van der Waals surface area contributed by atoms with Crippen molar-refractivity contribution < 1.29 is 0 Å². The zero-order valence-corrected chi connectivity index (χ0v) is 9.70. The van der Waals surface area contributed by atoms with Gasteiger partial charge in [0.05, 0.1) is 5.49 Å². The maximum Gasteiger partial charge on any atom is 0.0614 e. The topological polar surface area (TPSA) is 15.3 Å². The Morgan fingerprint density at radius 2 is 1.92 bits per heavy atom. The first-order chi connectivity index (χ1) is 6.43. The lowest BCUT2D eigenvalue weighted by Gasteiger charge is -2.13. The van der Waals surface area contributed by atoms with Crippen LogP contribution in [0.1, 0.15) is 33.1 Å². The van der Waals surface area contributed by atoms with E-state index >= 15 is 0 Å². The van der Waals surface area contributed by atoms with Crippen LogP contribution in [0.3, 0.4) is 0 Å². The summed E-state index contributed by atoms with van der Waals surface area (Å²) in [6.45, 7) is 8.87. The molecule has 1 saturated heterocycles. The molecule has 1 N–H and O–H groups in total. The van der Waals surface area contributed by atoms with Crippen molar-refractivity contribution in [1.29, 1.82) is 0 Å². The molecule has 1 aliphatic rings. The summed E-state index contributed by atoms with van der Waals surface area (Å²) in [5.41, 5.74) is 1.60. The Morgan fingerprint density at radius 1 is 1.31 bits per heavy atom. The number of likely N-dealkylation sites (tertiary alicyclic amines) is 1. The Morgan fingerprint density at radius 3 is 2.46 bits per heavy atom. The number of rotatable bonds is 5. The summed E-state index contributed by atoms with van der Waals surface area (Å²) in [4.78, 5) is 2.52. The molecule has 0 saturated carbocycles. The highest BCUT2D eigenvalue weighted by atomic mass is 32.1. The predicted molar refractivity (Wildman–Crippen MR) is 63.3 cm³/mol. The van der Waals surface area contributed by atoms with E-state index in [0.29, 0.717) is 0 Å². The second-order valence-electron chi connectivity index (χ2n) is 2.97. The molecule has 2 nitrogen and oxygen atoms in total. The standard InChI is InChI=1S/C8H16N2S.C2H6/c11-8-9-4-3-7-10-5-1-2-6-10;1-2/h8H,1-7H2,(H,9,11);1-2H3. The van der Waals surface area contributed by atoms with Gasteiger partial charge in [-0.25, -0.2) is 0 Å². The zero-order chi connectivity index (χ0) is 9.94. The molecular formula is C10H22N2S. The van der Waals surface area contributed by atoms with Crippen LogP contribution < -0.4 is 5.32 Å². The summed E-state index contributed by atoms with van der Waals surface area (Å²) in [6, 6.07) is 0. The van der Waals surface area contributed by atoms with E-state index in [0.717, 1.165) is 6.54 Å². The summed E-state index contributed by atoms with van der Waals surface area (Å²) >= 11 is 4.65. The number of hydrogen-bond acceptors (Lipinski definition) is 2. The molecule has 1 aliphatic heterocycles. The molecule has 78 valence electrons. The summed E-state index contributed by atoms with van der Waals surface area (Å²) in [5, 5.41) is 3.04. The lowest BCUT2D eigenvalue weighted by Crippen LogP contribution is -2.23. The van der Waals surface area contributed by atoms with E-state index in [1.807, 2.05) is 13.8 Å². The Kier molecular flexibility index (Phi) is 9.82. The summed E-state index contributed by atoms with van der Waals surface area (Å²) in [7, 11) is 0. The van der Waals surface area contributed by atoms with E-state index in [2.05, 4.69) is 22.4 Å². The summed E-state index contributed by atoms with van der Waals surface area (Å²) < 4.78 is 0. The minimum Gasteiger partial charge on any atom is -0.382 e. The zero-order valence-electron chi connectivity index (χ0n) is 8.88. The van der Waals surface area contributed by atoms with Gasteiger partial charge in [-0.2, -0.15) is 0 Å². The van der Waals surface area contributed by atoms with Crippen LogP contribution in [-0.4, -0.2) is 36.6 Å². The van der Waals surface area contributed by atoms with Gasteiger partial charge in [0.2, 0.25) is 0 Å². The molecule has 0 aromatic rings. The molecule has 1 fully saturated rings. The number of thiocarbonyl (C=S) groups is 1. The molecule has 0 aromatic carbocycles. The van der Waals surface area contributed by atoms with E-state index in [-0.39, 0.29) is 0 Å². The minimum absolute atomic E-state index is 1.03. The molecule has 0 aromatic heterocycles. The van der Waals surface area contributed by atoms with Gasteiger partial charge in [0, 0.05) is 6.54 Å². The van der Waals surface area contributed by atoms with Crippen molar-refractivity contribution >= 4 is 17.7 Å². The van der Waals surface area contributed by atoms with Crippen LogP contribution in [0.25, 0.3) is 0 Å². The lowest BCUT2D eigenvalue weighted by atomic mass is 10.4. The SMILES string of the molecule is CC.S=CNCCCN1CCCC1. The van der Waals surface area contributed by atoms with Gasteiger partial charge in [-0.05, 0) is 38.9 Å². The van der Waals surface area contributed by atoms with Gasteiger partial charge in [0.1, 0.15) is 0 Å². The Balaban J connectivity index is 0.000000671. The molecule has 1 heterocycles. The van der Waals surface area contributed by atoms with Crippen LogP contribution >= 0.6 is 12.2 Å². The minimum atomic E-state index is 1.03. The maximum absolute atomic E-state index is 4.65. The second-order valence-corrected chi connectivity index (χ2v) is 3.21. The van der Waals surface area contributed by atoms with Gasteiger partial charge in [-0.3, -0.25) is 0 Å². The quantitative estimate of drug-likeness (QED) is 0.542. The third-order valence-corrected chi connectivity index (χ3v) is 2.24. The highest BCUT2D eigenvalue weighted by molar-refractivity contribution is 7.78. The first kappa shape index (κ1) is 12.8. The van der Waals surface area contributed by atoms with Crippen LogP contribution in [0.15, 0.2) is 0 Å². The van der Waals surface area contributed by atoms with Crippen LogP contribution in [0.5, 0.6) is 0 Å². The molecule has 0 atom stereocenters. The first-order valence-corrected chi connectivity index (χ1v) is 5.80. The van der Waals surface area contributed by atoms with Crippen LogP contribution in [0.4, 0.5) is 0 Å². The van der Waals surface area contributed by atoms with Gasteiger partial charge < -0.3 is 10.2 Å². The fraction of sp³-hybridized carbons (Fsp3) is 0.900. The Labute approximate surface area is 87.7 Å². The average Bonchev–Trinajstić information content (AvgIpc) is 2.68. The molecule has 1 rings (SSSR count).